The first-order valence-corrected chi connectivity index (χ1v) is 8.43. The number of halogens is 3. The maximum absolute atomic E-state index is 12.1. The van der Waals surface area contributed by atoms with Crippen molar-refractivity contribution in [1.29, 1.82) is 0 Å². The second kappa shape index (κ2) is 8.84. The van der Waals surface area contributed by atoms with Gasteiger partial charge >= 0.3 is 6.03 Å². The first-order valence-electron chi connectivity index (χ1n) is 7.23. The van der Waals surface area contributed by atoms with Gasteiger partial charge in [-0.15, -0.1) is 11.3 Å². The number of hydrogen-bond acceptors (Lipinski definition) is 3. The first-order chi connectivity index (χ1) is 11.4. The molecular weight excluding hydrogens is 358 g/mol. The molecule has 0 aliphatic carbocycles. The summed E-state index contributed by atoms with van der Waals surface area (Å²) in [5.74, 6) is 0.344. The molecule has 0 bridgehead atoms. The summed E-state index contributed by atoms with van der Waals surface area (Å²) in [6, 6.07) is 9.82. The molecule has 1 aromatic heterocycles. The van der Waals surface area contributed by atoms with Gasteiger partial charge in [0.2, 0.25) is 0 Å². The van der Waals surface area contributed by atoms with Crippen LogP contribution in [0.25, 0.3) is 0 Å². The number of benzene rings is 1. The molecule has 1 unspecified atom stereocenters. The third-order valence-electron chi connectivity index (χ3n) is 3.10. The first kappa shape index (κ1) is 18.5. The molecule has 2 rings (SSSR count). The fourth-order valence-corrected chi connectivity index (χ4v) is 3.03. The SMILES string of the molecule is CC(NC(=O)NCc1cccc(OCC(F)F)c1)c1ccc(Cl)s1. The molecular formula is C16H17ClF2N2O2S. The maximum atomic E-state index is 12.1. The molecule has 1 atom stereocenters. The lowest BCUT2D eigenvalue weighted by Gasteiger charge is -2.13. The molecule has 2 amide bonds. The fraction of sp³-hybridized carbons (Fsp3) is 0.312. The summed E-state index contributed by atoms with van der Waals surface area (Å²) in [5.41, 5.74) is 0.753. The predicted molar refractivity (Wildman–Crippen MR) is 91.1 cm³/mol. The van der Waals surface area contributed by atoms with Crippen molar-refractivity contribution in [3.8, 4) is 5.75 Å². The van der Waals surface area contributed by atoms with Crippen molar-refractivity contribution in [2.24, 2.45) is 0 Å². The lowest BCUT2D eigenvalue weighted by Crippen LogP contribution is -2.36. The molecule has 8 heteroatoms. The minimum Gasteiger partial charge on any atom is -0.488 e. The normalized spacial score (nSPS) is 12.0. The van der Waals surface area contributed by atoms with Gasteiger partial charge in [-0.3, -0.25) is 0 Å². The van der Waals surface area contributed by atoms with E-state index in [1.54, 1.807) is 30.3 Å². The van der Waals surface area contributed by atoms with Gasteiger partial charge in [-0.1, -0.05) is 23.7 Å². The second-order valence-corrected chi connectivity index (χ2v) is 6.79. The summed E-state index contributed by atoms with van der Waals surface area (Å²) in [6.45, 7) is 1.47. The van der Waals surface area contributed by atoms with Gasteiger partial charge in [-0.05, 0) is 36.8 Å². The average molecular weight is 375 g/mol. The van der Waals surface area contributed by atoms with E-state index >= 15 is 0 Å². The Hall–Kier alpha value is -1.86. The van der Waals surface area contributed by atoms with Gasteiger partial charge in [-0.2, -0.15) is 0 Å². The Labute approximate surface area is 147 Å². The van der Waals surface area contributed by atoms with Gasteiger partial charge < -0.3 is 15.4 Å². The van der Waals surface area contributed by atoms with Crippen molar-refractivity contribution in [2.75, 3.05) is 6.61 Å². The Morgan fingerprint density at radius 2 is 2.12 bits per heavy atom. The summed E-state index contributed by atoms with van der Waals surface area (Å²) < 4.78 is 29.9. The van der Waals surface area contributed by atoms with Crippen LogP contribution in [0.1, 0.15) is 23.4 Å². The van der Waals surface area contributed by atoms with Crippen LogP contribution in [0.3, 0.4) is 0 Å². The zero-order valence-corrected chi connectivity index (χ0v) is 14.5. The Bertz CT molecular complexity index is 682. The van der Waals surface area contributed by atoms with Crippen LogP contribution in [0.2, 0.25) is 4.34 Å². The molecule has 0 fully saturated rings. The van der Waals surface area contributed by atoms with E-state index in [4.69, 9.17) is 16.3 Å². The molecule has 4 nitrogen and oxygen atoms in total. The van der Waals surface area contributed by atoms with E-state index in [0.29, 0.717) is 10.1 Å². The van der Waals surface area contributed by atoms with Crippen LogP contribution < -0.4 is 15.4 Å². The molecule has 2 aromatic rings. The molecule has 0 spiro atoms. The third kappa shape index (κ3) is 5.98. The van der Waals surface area contributed by atoms with Crippen molar-refractivity contribution in [3.63, 3.8) is 0 Å². The molecule has 0 radical (unpaired) electrons. The number of amides is 2. The maximum Gasteiger partial charge on any atom is 0.315 e. The highest BCUT2D eigenvalue weighted by Gasteiger charge is 2.11. The highest BCUT2D eigenvalue weighted by molar-refractivity contribution is 7.16. The molecule has 130 valence electrons. The summed E-state index contributed by atoms with van der Waals surface area (Å²) in [5, 5.41) is 5.52. The topological polar surface area (TPSA) is 50.4 Å². The third-order valence-corrected chi connectivity index (χ3v) is 4.51. The summed E-state index contributed by atoms with van der Waals surface area (Å²) >= 11 is 7.28. The van der Waals surface area contributed by atoms with E-state index < -0.39 is 13.0 Å². The quantitative estimate of drug-likeness (QED) is 0.743. The molecule has 0 aliphatic rings. The van der Waals surface area contributed by atoms with E-state index in [-0.39, 0.29) is 18.6 Å². The van der Waals surface area contributed by atoms with Crippen LogP contribution in [-0.2, 0) is 6.54 Å². The van der Waals surface area contributed by atoms with Gasteiger partial charge in [0, 0.05) is 11.4 Å². The lowest BCUT2D eigenvalue weighted by molar-refractivity contribution is 0.0818. The molecule has 24 heavy (non-hydrogen) atoms. The molecule has 1 aromatic carbocycles. The fourth-order valence-electron chi connectivity index (χ4n) is 1.97. The number of nitrogens with one attached hydrogen (secondary N) is 2. The summed E-state index contributed by atoms with van der Waals surface area (Å²) in [7, 11) is 0. The van der Waals surface area contributed by atoms with Crippen molar-refractivity contribution >= 4 is 29.0 Å². The van der Waals surface area contributed by atoms with Crippen molar-refractivity contribution in [2.45, 2.75) is 25.9 Å². The molecule has 1 heterocycles. The van der Waals surface area contributed by atoms with Gasteiger partial charge in [0.25, 0.3) is 6.43 Å². The van der Waals surface area contributed by atoms with Gasteiger partial charge in [-0.25, -0.2) is 13.6 Å². The number of rotatable bonds is 7. The van der Waals surface area contributed by atoms with Crippen LogP contribution in [0, 0.1) is 0 Å². The highest BCUT2D eigenvalue weighted by atomic mass is 35.5. The van der Waals surface area contributed by atoms with Crippen LogP contribution in [0.4, 0.5) is 13.6 Å². The highest BCUT2D eigenvalue weighted by Crippen LogP contribution is 2.26. The van der Waals surface area contributed by atoms with Crippen molar-refractivity contribution in [3.05, 3.63) is 51.2 Å². The molecule has 0 aliphatic heterocycles. The largest absolute Gasteiger partial charge is 0.488 e. The number of thiophene rings is 1. The summed E-state index contributed by atoms with van der Waals surface area (Å²) in [4.78, 5) is 12.9. The van der Waals surface area contributed by atoms with E-state index in [2.05, 4.69) is 10.6 Å². The molecule has 2 N–H and O–H groups in total. The minimum absolute atomic E-state index is 0.164. The Morgan fingerprint density at radius 1 is 1.33 bits per heavy atom. The van der Waals surface area contributed by atoms with E-state index in [9.17, 15) is 13.6 Å². The van der Waals surface area contributed by atoms with Crippen LogP contribution in [0.5, 0.6) is 5.75 Å². The van der Waals surface area contributed by atoms with E-state index in [0.717, 1.165) is 10.4 Å². The number of ether oxygens (including phenoxy) is 1. The number of urea groups is 1. The predicted octanol–water partition coefficient (Wildman–Crippen LogP) is 4.61. The van der Waals surface area contributed by atoms with Crippen LogP contribution in [-0.4, -0.2) is 19.1 Å². The lowest BCUT2D eigenvalue weighted by atomic mass is 10.2. The standard InChI is InChI=1S/C16H17ClF2N2O2S/c1-10(13-5-6-14(17)24-13)21-16(22)20-8-11-3-2-4-12(7-11)23-9-15(18)19/h2-7,10,15H,8-9H2,1H3,(H2,20,21,22). The number of carbonyl (C=O) groups is 1. The van der Waals surface area contributed by atoms with Gasteiger partial charge in [0.05, 0.1) is 10.4 Å². The zero-order chi connectivity index (χ0) is 17.5. The zero-order valence-electron chi connectivity index (χ0n) is 12.9. The Balaban J connectivity index is 1.82. The van der Waals surface area contributed by atoms with Gasteiger partial charge in [0.1, 0.15) is 12.4 Å². The van der Waals surface area contributed by atoms with E-state index in [1.165, 1.54) is 11.3 Å². The monoisotopic (exact) mass is 374 g/mol. The number of alkyl halides is 2. The van der Waals surface area contributed by atoms with Crippen molar-refractivity contribution < 1.29 is 18.3 Å². The Kier molecular flexibility index (Phi) is 6.81. The molecule has 0 saturated carbocycles. The summed E-state index contributed by atoms with van der Waals surface area (Å²) in [6.07, 6.45) is -2.52. The van der Waals surface area contributed by atoms with E-state index in [1.807, 2.05) is 13.0 Å². The molecule has 0 saturated heterocycles. The smallest absolute Gasteiger partial charge is 0.315 e. The van der Waals surface area contributed by atoms with Crippen LogP contribution >= 0.6 is 22.9 Å². The van der Waals surface area contributed by atoms with Crippen LogP contribution in [0.15, 0.2) is 36.4 Å². The van der Waals surface area contributed by atoms with Crippen molar-refractivity contribution in [1.82, 2.24) is 10.6 Å². The number of hydrogen-bond donors (Lipinski definition) is 2. The average Bonchev–Trinajstić information content (AvgIpc) is 2.98. The second-order valence-electron chi connectivity index (χ2n) is 5.04. The number of carbonyl (C=O) groups excluding carboxylic acids is 1. The van der Waals surface area contributed by atoms with Gasteiger partial charge in [0.15, 0.2) is 0 Å². The minimum atomic E-state index is -2.52. The Morgan fingerprint density at radius 3 is 2.79 bits per heavy atom.